The zero-order valence-electron chi connectivity index (χ0n) is 21.6. The first-order valence-electron chi connectivity index (χ1n) is 11.8. The number of benzene rings is 1. The van der Waals surface area contributed by atoms with Gasteiger partial charge in [-0.15, -0.1) is 0 Å². The zero-order chi connectivity index (χ0) is 24.6. The summed E-state index contributed by atoms with van der Waals surface area (Å²) in [6.07, 6.45) is 4.70. The molecule has 0 fully saturated rings. The van der Waals surface area contributed by atoms with Gasteiger partial charge < -0.3 is 4.42 Å². The molecule has 0 saturated carbocycles. The number of hydrogen-bond acceptors (Lipinski definition) is 3. The molecule has 32 heavy (non-hydrogen) atoms. The molecule has 1 unspecified atom stereocenters. The van der Waals surface area contributed by atoms with Crippen LogP contribution in [-0.2, 0) is 6.42 Å². The highest BCUT2D eigenvalue weighted by Gasteiger charge is 2.31. The lowest BCUT2D eigenvalue weighted by Crippen LogP contribution is -2.26. The molecule has 0 amide bonds. The molecule has 1 aromatic carbocycles. The fraction of sp³-hybridized carbons (Fsp3) is 0.448. The van der Waals surface area contributed by atoms with Crippen molar-refractivity contribution in [3.8, 4) is 0 Å². The minimum atomic E-state index is -0.159. The number of carbonyl (C=O) groups excluding carboxylic acids is 1. The Kier molecular flexibility index (Phi) is 10.6. The van der Waals surface area contributed by atoms with Gasteiger partial charge in [0.05, 0.1) is 0 Å². The summed E-state index contributed by atoms with van der Waals surface area (Å²) in [7, 11) is 0. The van der Waals surface area contributed by atoms with Crippen molar-refractivity contribution in [3.05, 3.63) is 91.6 Å². The molecule has 0 saturated heterocycles. The molecule has 1 aliphatic carbocycles. The van der Waals surface area contributed by atoms with Crippen LogP contribution in [0, 0.1) is 32.6 Å². The molecule has 1 aliphatic rings. The second-order valence-electron chi connectivity index (χ2n) is 8.16. The number of hydrogen-bond donors (Lipinski definition) is 0. The maximum atomic E-state index is 13.6. The van der Waals surface area contributed by atoms with Gasteiger partial charge in [-0.1, -0.05) is 75.6 Å². The van der Waals surface area contributed by atoms with Gasteiger partial charge in [-0.25, -0.2) is 0 Å². The van der Waals surface area contributed by atoms with Crippen LogP contribution in [0.1, 0.15) is 87.0 Å². The Hall–Kier alpha value is -2.68. The Morgan fingerprint density at radius 3 is 2.12 bits per heavy atom. The normalized spacial score (nSPS) is 17.2. The molecule has 0 N–H and O–H groups in total. The zero-order valence-corrected chi connectivity index (χ0v) is 21.6. The van der Waals surface area contributed by atoms with Gasteiger partial charge in [-0.05, 0) is 51.7 Å². The molecule has 2 aromatic rings. The molecule has 0 aliphatic heterocycles. The summed E-state index contributed by atoms with van der Waals surface area (Å²) in [5.41, 5.74) is 5.98. The third kappa shape index (κ3) is 6.66. The summed E-state index contributed by atoms with van der Waals surface area (Å²) in [5.74, 6) is 1.31. The van der Waals surface area contributed by atoms with Crippen LogP contribution in [0.4, 0.5) is 0 Å². The summed E-state index contributed by atoms with van der Waals surface area (Å²) < 4.78 is 5.75. The van der Waals surface area contributed by atoms with E-state index in [4.69, 9.17) is 4.42 Å². The molecule has 0 spiro atoms. The summed E-state index contributed by atoms with van der Waals surface area (Å²) in [4.78, 5) is 25.5. The second-order valence-corrected chi connectivity index (χ2v) is 8.16. The number of ketones is 1. The topological polar surface area (TPSA) is 47.3 Å². The van der Waals surface area contributed by atoms with Gasteiger partial charge in [0.2, 0.25) is 0 Å². The number of allylic oxidation sites excluding steroid dienone is 4. The third-order valence-electron chi connectivity index (χ3n) is 5.39. The van der Waals surface area contributed by atoms with Crippen molar-refractivity contribution >= 4 is 5.78 Å². The van der Waals surface area contributed by atoms with Gasteiger partial charge in [0, 0.05) is 30.0 Å². The van der Waals surface area contributed by atoms with Crippen LogP contribution in [0.15, 0.2) is 56.8 Å². The van der Waals surface area contributed by atoms with Crippen molar-refractivity contribution in [3.63, 3.8) is 0 Å². The number of Topliss-reactive ketones (excluding diaryl/α,β-unsaturated/α-hetero) is 1. The maximum Gasteiger partial charge on any atom is 0.185 e. The van der Waals surface area contributed by atoms with Crippen LogP contribution in [0.5, 0.6) is 0 Å². The van der Waals surface area contributed by atoms with Gasteiger partial charge in [-0.2, -0.15) is 0 Å². The van der Waals surface area contributed by atoms with Crippen molar-refractivity contribution in [1.29, 1.82) is 0 Å². The Labute approximate surface area is 194 Å². The quantitative estimate of drug-likeness (QED) is 0.465. The highest BCUT2D eigenvalue weighted by atomic mass is 16.3. The van der Waals surface area contributed by atoms with Crippen molar-refractivity contribution in [2.24, 2.45) is 11.8 Å². The van der Waals surface area contributed by atoms with Crippen molar-refractivity contribution in [2.45, 2.75) is 75.7 Å². The molecule has 3 rings (SSSR count). The lowest BCUT2D eigenvalue weighted by molar-refractivity contribution is 0.0917. The van der Waals surface area contributed by atoms with Crippen LogP contribution < -0.4 is 5.43 Å². The number of aryl methyl sites for hydroxylation is 3. The summed E-state index contributed by atoms with van der Waals surface area (Å²) in [6, 6.07) is 7.08. The average Bonchev–Trinajstić information content (AvgIpc) is 2.69. The first kappa shape index (κ1) is 27.4. The molecule has 0 bridgehead atoms. The van der Waals surface area contributed by atoms with Gasteiger partial charge in [0.15, 0.2) is 11.2 Å². The Balaban J connectivity index is 0.00000121. The molecule has 2 atom stereocenters. The largest absolute Gasteiger partial charge is 0.466 e. The van der Waals surface area contributed by atoms with E-state index in [9.17, 15) is 9.59 Å². The molecule has 0 radical (unpaired) electrons. The van der Waals surface area contributed by atoms with E-state index in [-0.39, 0.29) is 23.0 Å². The molecule has 3 nitrogen and oxygen atoms in total. The Morgan fingerprint density at radius 2 is 1.56 bits per heavy atom. The highest BCUT2D eigenvalue weighted by Crippen LogP contribution is 2.34. The van der Waals surface area contributed by atoms with Crippen molar-refractivity contribution < 1.29 is 9.21 Å². The van der Waals surface area contributed by atoms with E-state index in [1.54, 1.807) is 6.92 Å². The minimum absolute atomic E-state index is 0.0729. The van der Waals surface area contributed by atoms with E-state index in [0.717, 1.165) is 27.8 Å². The SMILES string of the molecule is CC.CC.CC1=C[C@@H](C)C(C(=O)c2c(C)cc(C)cc2Cc2cc(=O)cc(C)o2)C(C)=C1. The average molecular weight is 437 g/mol. The Morgan fingerprint density at radius 1 is 0.938 bits per heavy atom. The molecule has 1 aromatic heterocycles. The first-order valence-corrected chi connectivity index (χ1v) is 11.8. The molecular weight excluding hydrogens is 396 g/mol. The van der Waals surface area contributed by atoms with E-state index in [2.05, 4.69) is 32.1 Å². The summed E-state index contributed by atoms with van der Waals surface area (Å²) in [5, 5.41) is 0. The van der Waals surface area contributed by atoms with Crippen LogP contribution in [0.2, 0.25) is 0 Å². The smallest absolute Gasteiger partial charge is 0.185 e. The first-order chi connectivity index (χ1) is 15.2. The standard InChI is InChI=1S/C25H28O3.2C2H6/c1-14-7-16(3)23(17(4)8-14)25(27)24-18(5)9-15(2)10-20(24)12-22-13-21(26)11-19(6)28-22;2*1-2/h7-11,13,16,23H,12H2,1-6H3;2*1-2H3/t16-,23?;;/m1../s1. The fourth-order valence-electron chi connectivity index (χ4n) is 4.51. The summed E-state index contributed by atoms with van der Waals surface area (Å²) >= 11 is 0. The van der Waals surface area contributed by atoms with E-state index in [1.807, 2.05) is 54.5 Å². The van der Waals surface area contributed by atoms with Crippen LogP contribution in [0.3, 0.4) is 0 Å². The predicted octanol–water partition coefficient (Wildman–Crippen LogP) is 7.55. The van der Waals surface area contributed by atoms with Gasteiger partial charge in [0.1, 0.15) is 11.5 Å². The van der Waals surface area contributed by atoms with Crippen LogP contribution in [0.25, 0.3) is 0 Å². The molecule has 3 heteroatoms. The van der Waals surface area contributed by atoms with Crippen LogP contribution in [-0.4, -0.2) is 5.78 Å². The lowest BCUT2D eigenvalue weighted by atomic mass is 9.75. The third-order valence-corrected chi connectivity index (χ3v) is 5.39. The van der Waals surface area contributed by atoms with Crippen LogP contribution >= 0.6 is 0 Å². The van der Waals surface area contributed by atoms with E-state index >= 15 is 0 Å². The molecule has 174 valence electrons. The number of rotatable bonds is 4. The van der Waals surface area contributed by atoms with Gasteiger partial charge >= 0.3 is 0 Å². The molecular formula is C29H40O3. The van der Waals surface area contributed by atoms with E-state index < -0.39 is 0 Å². The molecule has 1 heterocycles. The minimum Gasteiger partial charge on any atom is -0.466 e. The van der Waals surface area contributed by atoms with Crippen molar-refractivity contribution in [2.75, 3.05) is 0 Å². The second kappa shape index (κ2) is 12.4. The predicted molar refractivity (Wildman–Crippen MR) is 136 cm³/mol. The van der Waals surface area contributed by atoms with Crippen molar-refractivity contribution in [1.82, 2.24) is 0 Å². The highest BCUT2D eigenvalue weighted by molar-refractivity contribution is 6.02. The van der Waals surface area contributed by atoms with Gasteiger partial charge in [-0.3, -0.25) is 9.59 Å². The Bertz CT molecular complexity index is 1050. The monoisotopic (exact) mass is 436 g/mol. The van der Waals surface area contributed by atoms with E-state index in [1.165, 1.54) is 17.7 Å². The van der Waals surface area contributed by atoms with E-state index in [0.29, 0.717) is 17.9 Å². The maximum absolute atomic E-state index is 13.6. The lowest BCUT2D eigenvalue weighted by Gasteiger charge is -2.27. The fourth-order valence-corrected chi connectivity index (χ4v) is 4.51. The van der Waals surface area contributed by atoms with Gasteiger partial charge in [0.25, 0.3) is 0 Å². The number of carbonyl (C=O) groups is 1. The summed E-state index contributed by atoms with van der Waals surface area (Å²) in [6.45, 7) is 20.0.